The van der Waals surface area contributed by atoms with E-state index in [-0.39, 0.29) is 30.9 Å². The number of ether oxygens (including phenoxy) is 2. The van der Waals surface area contributed by atoms with E-state index in [1.54, 1.807) is 23.1 Å². The van der Waals surface area contributed by atoms with Gasteiger partial charge in [0.2, 0.25) is 5.91 Å². The zero-order valence-electron chi connectivity index (χ0n) is 17.1. The largest absolute Gasteiger partial charge is 0.493 e. The minimum absolute atomic E-state index is 0.0444. The van der Waals surface area contributed by atoms with Gasteiger partial charge in [0.05, 0.1) is 31.9 Å². The van der Waals surface area contributed by atoms with Gasteiger partial charge in [-0.1, -0.05) is 17.3 Å². The van der Waals surface area contributed by atoms with E-state index < -0.39 is 0 Å². The highest BCUT2D eigenvalue weighted by molar-refractivity contribution is 5.76. The Kier molecular flexibility index (Phi) is 6.42. The molecule has 0 bridgehead atoms. The number of benzene rings is 1. The maximum atomic E-state index is 13.2. The first-order valence-corrected chi connectivity index (χ1v) is 10.0. The Morgan fingerprint density at radius 3 is 2.94 bits per heavy atom. The van der Waals surface area contributed by atoms with E-state index in [2.05, 4.69) is 15.5 Å². The van der Waals surface area contributed by atoms with Gasteiger partial charge in [0.1, 0.15) is 29.2 Å². The fraction of sp³-hybridized carbons (Fsp3) is 0.318. The van der Waals surface area contributed by atoms with Gasteiger partial charge in [0.25, 0.3) is 0 Å². The Morgan fingerprint density at radius 2 is 2.13 bits per heavy atom. The van der Waals surface area contributed by atoms with E-state index in [0.29, 0.717) is 42.8 Å². The van der Waals surface area contributed by atoms with Crippen molar-refractivity contribution < 1.29 is 23.2 Å². The number of aromatic nitrogens is 2. The van der Waals surface area contributed by atoms with E-state index >= 15 is 0 Å². The van der Waals surface area contributed by atoms with E-state index in [0.717, 1.165) is 5.69 Å². The lowest BCUT2D eigenvalue weighted by Crippen LogP contribution is -2.42. The average Bonchev–Trinajstić information content (AvgIpc) is 3.18. The average molecular weight is 426 g/mol. The molecule has 162 valence electrons. The molecule has 1 fully saturated rings. The van der Waals surface area contributed by atoms with E-state index in [1.165, 1.54) is 12.1 Å². The van der Waals surface area contributed by atoms with Crippen LogP contribution in [0.15, 0.2) is 53.1 Å². The second-order valence-electron chi connectivity index (χ2n) is 7.15. The van der Waals surface area contributed by atoms with Crippen LogP contribution in [0.4, 0.5) is 16.0 Å². The molecular formula is C22H23FN4O4. The SMILES string of the molecule is Cc1cc(Nc2cccc([C@@H]3CN(C(=O)CCOc4cccc(F)c4)CCO3)n2)no1. The predicted molar refractivity (Wildman–Crippen MR) is 111 cm³/mol. The van der Waals surface area contributed by atoms with Crippen LogP contribution in [-0.2, 0) is 9.53 Å². The molecule has 31 heavy (non-hydrogen) atoms. The fourth-order valence-corrected chi connectivity index (χ4v) is 3.28. The molecule has 1 aromatic carbocycles. The van der Waals surface area contributed by atoms with Gasteiger partial charge in [-0.3, -0.25) is 4.79 Å². The molecule has 1 N–H and O–H groups in total. The molecule has 1 aliphatic rings. The summed E-state index contributed by atoms with van der Waals surface area (Å²) < 4.78 is 29.6. The number of carbonyl (C=O) groups excluding carboxylic acids is 1. The van der Waals surface area contributed by atoms with Gasteiger partial charge in [-0.15, -0.1) is 0 Å². The molecule has 9 heteroatoms. The number of morpholine rings is 1. The number of halogens is 1. The van der Waals surface area contributed by atoms with Crippen molar-refractivity contribution in [3.05, 3.63) is 65.8 Å². The van der Waals surface area contributed by atoms with Crippen molar-refractivity contribution in [2.75, 3.05) is 31.6 Å². The third-order valence-corrected chi connectivity index (χ3v) is 4.78. The van der Waals surface area contributed by atoms with Crippen molar-refractivity contribution in [2.24, 2.45) is 0 Å². The number of hydrogen-bond donors (Lipinski definition) is 1. The minimum Gasteiger partial charge on any atom is -0.493 e. The molecule has 0 unspecified atom stereocenters. The normalized spacial score (nSPS) is 16.2. The van der Waals surface area contributed by atoms with Crippen LogP contribution in [0.2, 0.25) is 0 Å². The van der Waals surface area contributed by atoms with Crippen molar-refractivity contribution in [1.29, 1.82) is 0 Å². The first-order chi connectivity index (χ1) is 15.1. The number of pyridine rings is 1. The van der Waals surface area contributed by atoms with Crippen molar-refractivity contribution >= 4 is 17.5 Å². The summed E-state index contributed by atoms with van der Waals surface area (Å²) in [5.74, 6) is 1.87. The topological polar surface area (TPSA) is 89.7 Å². The Labute approximate surface area is 179 Å². The van der Waals surface area contributed by atoms with Crippen molar-refractivity contribution in [3.63, 3.8) is 0 Å². The summed E-state index contributed by atoms with van der Waals surface area (Å²) in [6.45, 7) is 3.32. The third kappa shape index (κ3) is 5.58. The predicted octanol–water partition coefficient (Wildman–Crippen LogP) is 3.63. The molecule has 2 aromatic heterocycles. The summed E-state index contributed by atoms with van der Waals surface area (Å²) in [7, 11) is 0. The van der Waals surface area contributed by atoms with Gasteiger partial charge >= 0.3 is 0 Å². The lowest BCUT2D eigenvalue weighted by Gasteiger charge is -2.32. The Bertz CT molecular complexity index is 1040. The lowest BCUT2D eigenvalue weighted by atomic mass is 10.1. The maximum Gasteiger partial charge on any atom is 0.226 e. The number of aryl methyl sites for hydroxylation is 1. The number of anilines is 2. The number of hydrogen-bond acceptors (Lipinski definition) is 7. The van der Waals surface area contributed by atoms with Crippen LogP contribution in [0.1, 0.15) is 24.0 Å². The zero-order valence-corrected chi connectivity index (χ0v) is 17.1. The van der Waals surface area contributed by atoms with Crippen LogP contribution in [0.25, 0.3) is 0 Å². The summed E-state index contributed by atoms with van der Waals surface area (Å²) in [6.07, 6.45) is -0.133. The Hall–Kier alpha value is -3.46. The molecule has 4 rings (SSSR count). The smallest absolute Gasteiger partial charge is 0.226 e. The fourth-order valence-electron chi connectivity index (χ4n) is 3.28. The molecule has 1 atom stereocenters. The van der Waals surface area contributed by atoms with Gasteiger partial charge in [-0.25, -0.2) is 9.37 Å². The number of carbonyl (C=O) groups is 1. The van der Waals surface area contributed by atoms with Crippen molar-refractivity contribution in [3.8, 4) is 5.75 Å². The van der Waals surface area contributed by atoms with Crippen LogP contribution >= 0.6 is 0 Å². The third-order valence-electron chi connectivity index (χ3n) is 4.78. The summed E-state index contributed by atoms with van der Waals surface area (Å²) in [5, 5.41) is 6.99. The summed E-state index contributed by atoms with van der Waals surface area (Å²) >= 11 is 0. The summed E-state index contributed by atoms with van der Waals surface area (Å²) in [6, 6.07) is 13.2. The second kappa shape index (κ2) is 9.57. The Morgan fingerprint density at radius 1 is 1.26 bits per heavy atom. The summed E-state index contributed by atoms with van der Waals surface area (Å²) in [4.78, 5) is 18.9. The van der Waals surface area contributed by atoms with Gasteiger partial charge in [0, 0.05) is 18.7 Å². The minimum atomic E-state index is -0.372. The highest BCUT2D eigenvalue weighted by Crippen LogP contribution is 2.23. The van der Waals surface area contributed by atoms with E-state index in [9.17, 15) is 9.18 Å². The first-order valence-electron chi connectivity index (χ1n) is 10.0. The molecule has 0 aliphatic carbocycles. The van der Waals surface area contributed by atoms with Gasteiger partial charge in [0.15, 0.2) is 5.82 Å². The lowest BCUT2D eigenvalue weighted by molar-refractivity contribution is -0.139. The van der Waals surface area contributed by atoms with Gasteiger partial charge in [-0.2, -0.15) is 0 Å². The van der Waals surface area contributed by atoms with Crippen molar-refractivity contribution in [1.82, 2.24) is 15.0 Å². The highest BCUT2D eigenvalue weighted by Gasteiger charge is 2.26. The molecule has 0 saturated carbocycles. The molecule has 1 amide bonds. The number of amides is 1. The molecule has 8 nitrogen and oxygen atoms in total. The van der Waals surface area contributed by atoms with Crippen LogP contribution in [0.5, 0.6) is 5.75 Å². The quantitative estimate of drug-likeness (QED) is 0.617. The maximum absolute atomic E-state index is 13.2. The number of rotatable bonds is 7. The van der Waals surface area contributed by atoms with E-state index in [4.69, 9.17) is 14.0 Å². The second-order valence-corrected chi connectivity index (χ2v) is 7.15. The highest BCUT2D eigenvalue weighted by atomic mass is 19.1. The molecule has 1 aliphatic heterocycles. The Balaban J connectivity index is 1.32. The first kappa shape index (κ1) is 20.8. The van der Waals surface area contributed by atoms with Crippen molar-refractivity contribution in [2.45, 2.75) is 19.4 Å². The van der Waals surface area contributed by atoms with Gasteiger partial charge < -0.3 is 24.2 Å². The monoisotopic (exact) mass is 426 g/mol. The van der Waals surface area contributed by atoms with E-state index in [1.807, 2.05) is 25.1 Å². The standard InChI is InChI=1S/C22H23FN4O4/c1-15-12-21(26-31-15)25-20-7-3-6-18(24-20)19-14-27(9-11-30-19)22(28)8-10-29-17-5-2-4-16(23)13-17/h2-7,12-13,19H,8-11,14H2,1H3,(H,24,25,26)/t19-/m0/s1. The molecule has 0 radical (unpaired) electrons. The number of nitrogens with one attached hydrogen (secondary N) is 1. The van der Waals surface area contributed by atoms with Crippen LogP contribution < -0.4 is 10.1 Å². The van der Waals surface area contributed by atoms with Crippen LogP contribution in [0, 0.1) is 12.7 Å². The van der Waals surface area contributed by atoms with Gasteiger partial charge in [-0.05, 0) is 31.2 Å². The zero-order chi connectivity index (χ0) is 21.6. The number of nitrogens with zero attached hydrogens (tertiary/aromatic N) is 3. The molecule has 3 heterocycles. The molecule has 1 saturated heterocycles. The molecule has 0 spiro atoms. The van der Waals surface area contributed by atoms with Crippen LogP contribution in [-0.4, -0.2) is 47.3 Å². The summed E-state index contributed by atoms with van der Waals surface area (Å²) in [5.41, 5.74) is 0.721. The molecular weight excluding hydrogens is 403 g/mol. The molecule has 3 aromatic rings. The van der Waals surface area contributed by atoms with Crippen LogP contribution in [0.3, 0.4) is 0 Å².